The minimum atomic E-state index is -0.881. The Balaban J connectivity index is 4.21. The first kappa shape index (κ1) is 59.3. The molecule has 0 aromatic rings. The maximum Gasteiger partial charge on any atom is 0.362 e. The van der Waals surface area contributed by atoms with E-state index in [4.69, 9.17) is 14.2 Å². The number of carboxylic acids is 1. The van der Waals surface area contributed by atoms with Crippen molar-refractivity contribution in [2.45, 2.75) is 238 Å². The number of hydrogen-bond acceptors (Lipinski definition) is 6. The van der Waals surface area contributed by atoms with Crippen molar-refractivity contribution in [3.63, 3.8) is 0 Å². The molecule has 360 valence electrons. The number of carbonyl (C=O) groups excluding carboxylic acids is 2. The largest absolute Gasteiger partial charge is 0.477 e. The molecule has 0 aliphatic heterocycles. The molecule has 62 heavy (non-hydrogen) atoms. The second kappa shape index (κ2) is 44.9. The smallest absolute Gasteiger partial charge is 0.362 e. The molecule has 0 heterocycles. The SMILES string of the molecule is CC/C=C\C/C=C\C/C=C\C/C=C\CCCCC(=O)OC(COCCC(C(=O)O)[N+](C)(C)C)COC(=O)CCCCCCCCCCCCCCCCCCCCCCCCC. The third-order valence-electron chi connectivity index (χ3n) is 11.5. The molecular formula is C54H98NO7+. The summed E-state index contributed by atoms with van der Waals surface area (Å²) in [5.41, 5.74) is 0. The molecular weight excluding hydrogens is 775 g/mol. The van der Waals surface area contributed by atoms with Crippen molar-refractivity contribution in [2.75, 3.05) is 41.0 Å². The van der Waals surface area contributed by atoms with Crippen LogP contribution in [0.4, 0.5) is 0 Å². The number of likely N-dealkylation sites (N-methyl/N-ethyl adjacent to an activating group) is 1. The highest BCUT2D eigenvalue weighted by Gasteiger charge is 2.31. The van der Waals surface area contributed by atoms with E-state index in [-0.39, 0.29) is 42.7 Å². The quantitative estimate of drug-likeness (QED) is 0.0281. The number of aliphatic carboxylic acids is 1. The molecule has 0 rings (SSSR count). The van der Waals surface area contributed by atoms with Crippen LogP contribution in [0.1, 0.15) is 226 Å². The van der Waals surface area contributed by atoms with Gasteiger partial charge in [0.05, 0.1) is 34.4 Å². The van der Waals surface area contributed by atoms with Crippen molar-refractivity contribution in [1.82, 2.24) is 0 Å². The summed E-state index contributed by atoms with van der Waals surface area (Å²) in [5, 5.41) is 9.64. The second-order valence-electron chi connectivity index (χ2n) is 18.4. The topological polar surface area (TPSA) is 99.1 Å². The molecule has 0 radical (unpaired) electrons. The maximum absolute atomic E-state index is 12.7. The van der Waals surface area contributed by atoms with Gasteiger partial charge in [-0.25, -0.2) is 4.79 Å². The van der Waals surface area contributed by atoms with Gasteiger partial charge in [0.1, 0.15) is 6.61 Å². The monoisotopic (exact) mass is 873 g/mol. The number of hydrogen-bond donors (Lipinski definition) is 1. The van der Waals surface area contributed by atoms with Crippen LogP contribution in [0.5, 0.6) is 0 Å². The Labute approximate surface area is 382 Å². The number of allylic oxidation sites excluding steroid dienone is 8. The molecule has 0 saturated carbocycles. The molecule has 0 aliphatic rings. The fourth-order valence-electron chi connectivity index (χ4n) is 7.55. The molecule has 0 saturated heterocycles. The van der Waals surface area contributed by atoms with E-state index in [0.29, 0.717) is 19.3 Å². The van der Waals surface area contributed by atoms with Crippen molar-refractivity contribution in [3.8, 4) is 0 Å². The first-order valence-electron chi connectivity index (χ1n) is 25.7. The predicted molar refractivity (Wildman–Crippen MR) is 261 cm³/mol. The van der Waals surface area contributed by atoms with Crippen LogP contribution >= 0.6 is 0 Å². The predicted octanol–water partition coefficient (Wildman–Crippen LogP) is 14.8. The van der Waals surface area contributed by atoms with E-state index >= 15 is 0 Å². The average molecular weight is 873 g/mol. The molecule has 0 fully saturated rings. The van der Waals surface area contributed by atoms with Crippen LogP contribution in [0.25, 0.3) is 0 Å². The molecule has 2 unspecified atom stereocenters. The number of carboxylic acid groups (broad SMARTS) is 1. The Morgan fingerprint density at radius 1 is 0.500 bits per heavy atom. The van der Waals surface area contributed by atoms with Crippen LogP contribution in [0, 0.1) is 0 Å². The molecule has 0 amide bonds. The van der Waals surface area contributed by atoms with Gasteiger partial charge >= 0.3 is 17.9 Å². The first-order valence-corrected chi connectivity index (χ1v) is 25.7. The fraction of sp³-hybridized carbons (Fsp3) is 0.796. The fourth-order valence-corrected chi connectivity index (χ4v) is 7.55. The zero-order valence-corrected chi connectivity index (χ0v) is 41.1. The zero-order chi connectivity index (χ0) is 45.6. The number of esters is 2. The Morgan fingerprint density at radius 3 is 1.34 bits per heavy atom. The van der Waals surface area contributed by atoms with Crippen LogP contribution in [-0.2, 0) is 28.6 Å². The van der Waals surface area contributed by atoms with Gasteiger partial charge in [0.2, 0.25) is 0 Å². The summed E-state index contributed by atoms with van der Waals surface area (Å²) in [7, 11) is 5.52. The number of unbranched alkanes of at least 4 members (excludes halogenated alkanes) is 24. The molecule has 1 N–H and O–H groups in total. The minimum absolute atomic E-state index is 0.0455. The molecule has 0 spiro atoms. The van der Waals surface area contributed by atoms with E-state index in [1.165, 1.54) is 128 Å². The van der Waals surface area contributed by atoms with Gasteiger partial charge in [-0.05, 0) is 51.4 Å². The van der Waals surface area contributed by atoms with Gasteiger partial charge in [0.15, 0.2) is 12.1 Å². The molecule has 0 aromatic heterocycles. The van der Waals surface area contributed by atoms with E-state index in [1.807, 2.05) is 21.1 Å². The van der Waals surface area contributed by atoms with Gasteiger partial charge in [-0.1, -0.05) is 204 Å². The number of rotatable bonds is 46. The normalized spacial score (nSPS) is 13.2. The van der Waals surface area contributed by atoms with Crippen LogP contribution in [0.15, 0.2) is 48.6 Å². The Kier molecular flexibility index (Phi) is 42.9. The number of ether oxygens (including phenoxy) is 3. The number of nitrogens with zero attached hydrogens (tertiary/aromatic N) is 1. The summed E-state index contributed by atoms with van der Waals surface area (Å²) < 4.78 is 17.3. The first-order chi connectivity index (χ1) is 30.1. The molecule has 0 aliphatic carbocycles. The van der Waals surface area contributed by atoms with E-state index in [2.05, 4.69) is 62.5 Å². The van der Waals surface area contributed by atoms with Crippen molar-refractivity contribution in [3.05, 3.63) is 48.6 Å². The Morgan fingerprint density at radius 2 is 0.903 bits per heavy atom. The highest BCUT2D eigenvalue weighted by atomic mass is 16.6. The summed E-state index contributed by atoms with van der Waals surface area (Å²) in [6.45, 7) is 4.60. The molecule has 0 bridgehead atoms. The van der Waals surface area contributed by atoms with Gasteiger partial charge in [0.25, 0.3) is 0 Å². The standard InChI is InChI=1S/C54H97NO7/c1-6-8-10-12-14-16-18-20-22-23-24-25-26-27-28-29-31-32-34-36-38-40-42-44-52(56)61-49-50(48-60-47-46-51(54(58)59)55(3,4)5)62-53(57)45-43-41-39-37-35-33-30-21-19-17-15-13-11-9-7-2/h9,11,15,17,21,30,35,37,50-51H,6-8,10,12-14,16,18-20,22-29,31-34,36,38-49H2,1-5H3/p+1/b11-9-,17-15-,30-21-,37-35-. The van der Waals surface area contributed by atoms with Gasteiger partial charge in [0, 0.05) is 19.3 Å². The average Bonchev–Trinajstić information content (AvgIpc) is 3.23. The highest BCUT2D eigenvalue weighted by molar-refractivity contribution is 5.72. The lowest BCUT2D eigenvalue weighted by Gasteiger charge is -2.31. The van der Waals surface area contributed by atoms with Gasteiger partial charge in [-0.3, -0.25) is 9.59 Å². The Bertz CT molecular complexity index is 1150. The number of quaternary nitrogens is 1. The van der Waals surface area contributed by atoms with Crippen LogP contribution < -0.4 is 0 Å². The highest BCUT2D eigenvalue weighted by Crippen LogP contribution is 2.16. The van der Waals surface area contributed by atoms with Gasteiger partial charge in [-0.2, -0.15) is 0 Å². The van der Waals surface area contributed by atoms with Gasteiger partial charge < -0.3 is 23.8 Å². The van der Waals surface area contributed by atoms with E-state index in [9.17, 15) is 19.5 Å². The summed E-state index contributed by atoms with van der Waals surface area (Å²) >= 11 is 0. The van der Waals surface area contributed by atoms with E-state index < -0.39 is 18.1 Å². The van der Waals surface area contributed by atoms with Crippen LogP contribution in [0.2, 0.25) is 0 Å². The van der Waals surface area contributed by atoms with Crippen molar-refractivity contribution in [1.29, 1.82) is 0 Å². The van der Waals surface area contributed by atoms with Crippen molar-refractivity contribution >= 4 is 17.9 Å². The zero-order valence-electron chi connectivity index (χ0n) is 41.1. The van der Waals surface area contributed by atoms with Crippen molar-refractivity contribution < 1.29 is 38.2 Å². The Hall–Kier alpha value is -2.71. The second-order valence-corrected chi connectivity index (χ2v) is 18.4. The van der Waals surface area contributed by atoms with E-state index in [1.54, 1.807) is 0 Å². The van der Waals surface area contributed by atoms with Crippen molar-refractivity contribution in [2.24, 2.45) is 0 Å². The number of carbonyl (C=O) groups is 3. The summed E-state index contributed by atoms with van der Waals surface area (Å²) in [5.74, 6) is -1.51. The van der Waals surface area contributed by atoms with E-state index in [0.717, 1.165) is 57.8 Å². The molecule has 2 atom stereocenters. The van der Waals surface area contributed by atoms with Crippen LogP contribution in [-0.4, -0.2) is 80.6 Å². The summed E-state index contributed by atoms with van der Waals surface area (Å²) in [6, 6.07) is -0.623. The maximum atomic E-state index is 12.7. The third-order valence-corrected chi connectivity index (χ3v) is 11.5. The lowest BCUT2D eigenvalue weighted by Crippen LogP contribution is -2.50. The third kappa shape index (κ3) is 42.6. The molecule has 0 aromatic carbocycles. The van der Waals surface area contributed by atoms with Gasteiger partial charge in [-0.15, -0.1) is 0 Å². The lowest BCUT2D eigenvalue weighted by molar-refractivity contribution is -0.887. The van der Waals surface area contributed by atoms with Crippen LogP contribution in [0.3, 0.4) is 0 Å². The molecule has 8 nitrogen and oxygen atoms in total. The summed E-state index contributed by atoms with van der Waals surface area (Å²) in [6.07, 6.45) is 54.6. The summed E-state index contributed by atoms with van der Waals surface area (Å²) in [4.78, 5) is 37.1. The molecule has 8 heteroatoms. The minimum Gasteiger partial charge on any atom is -0.477 e. The lowest BCUT2D eigenvalue weighted by atomic mass is 10.0.